The molecule has 1 saturated carbocycles. The summed E-state index contributed by atoms with van der Waals surface area (Å²) >= 11 is 0. The summed E-state index contributed by atoms with van der Waals surface area (Å²) in [5.74, 6) is -0.0854. The van der Waals surface area contributed by atoms with E-state index in [9.17, 15) is 4.79 Å². The van der Waals surface area contributed by atoms with Gasteiger partial charge in [-0.05, 0) is 31.4 Å². The fourth-order valence-electron chi connectivity index (χ4n) is 1.79. The Hall–Kier alpha value is -1.29. The van der Waals surface area contributed by atoms with E-state index in [4.69, 9.17) is 5.11 Å². The lowest BCUT2D eigenvalue weighted by molar-refractivity contribution is 0.0905. The van der Waals surface area contributed by atoms with Gasteiger partial charge in [0.1, 0.15) is 5.69 Å². The molecule has 0 aliphatic heterocycles. The van der Waals surface area contributed by atoms with Crippen molar-refractivity contribution in [1.82, 2.24) is 9.88 Å². The van der Waals surface area contributed by atoms with E-state index in [1.165, 1.54) is 0 Å². The minimum atomic E-state index is -0.143. The predicted octanol–water partition coefficient (Wildman–Crippen LogP) is 1.32. The Balaban J connectivity index is 2.05. The lowest BCUT2D eigenvalue weighted by Crippen LogP contribution is -2.37. The SMILES string of the molecule is CC[C@H](CO)NC(=O)c1cccn1C1CC1. The van der Waals surface area contributed by atoms with Crippen molar-refractivity contribution in [3.8, 4) is 0 Å². The zero-order chi connectivity index (χ0) is 11.5. The lowest BCUT2D eigenvalue weighted by Gasteiger charge is -2.15. The van der Waals surface area contributed by atoms with Crippen LogP contribution in [0, 0.1) is 0 Å². The van der Waals surface area contributed by atoms with Crippen molar-refractivity contribution in [2.45, 2.75) is 38.3 Å². The quantitative estimate of drug-likeness (QED) is 0.789. The summed E-state index contributed by atoms with van der Waals surface area (Å²) in [5, 5.41) is 11.9. The van der Waals surface area contributed by atoms with Crippen molar-refractivity contribution in [1.29, 1.82) is 0 Å². The second-order valence-corrected chi connectivity index (χ2v) is 4.29. The average molecular weight is 222 g/mol. The number of hydrogen-bond acceptors (Lipinski definition) is 2. The Kier molecular flexibility index (Phi) is 3.29. The molecule has 4 nitrogen and oxygen atoms in total. The number of carbonyl (C=O) groups excluding carboxylic acids is 1. The molecular weight excluding hydrogens is 204 g/mol. The zero-order valence-electron chi connectivity index (χ0n) is 9.52. The van der Waals surface area contributed by atoms with Crippen LogP contribution in [0.2, 0.25) is 0 Å². The van der Waals surface area contributed by atoms with E-state index in [1.807, 2.05) is 29.8 Å². The molecule has 1 atom stereocenters. The molecule has 0 bridgehead atoms. The highest BCUT2D eigenvalue weighted by molar-refractivity contribution is 5.93. The van der Waals surface area contributed by atoms with Gasteiger partial charge >= 0.3 is 0 Å². The highest BCUT2D eigenvalue weighted by Gasteiger charge is 2.27. The number of aromatic nitrogens is 1. The minimum absolute atomic E-state index is 0.00756. The first-order valence-corrected chi connectivity index (χ1v) is 5.84. The highest BCUT2D eigenvalue weighted by Crippen LogP contribution is 2.35. The van der Waals surface area contributed by atoms with E-state index in [-0.39, 0.29) is 18.6 Å². The van der Waals surface area contributed by atoms with Gasteiger partial charge in [-0.3, -0.25) is 4.79 Å². The molecule has 1 heterocycles. The van der Waals surface area contributed by atoms with Gasteiger partial charge in [0.2, 0.25) is 0 Å². The maximum atomic E-state index is 11.9. The summed E-state index contributed by atoms with van der Waals surface area (Å²) in [6.07, 6.45) is 5.01. The van der Waals surface area contributed by atoms with E-state index in [1.54, 1.807) is 0 Å². The Morgan fingerprint density at radius 3 is 3.00 bits per heavy atom. The number of hydrogen-bond donors (Lipinski definition) is 2. The summed E-state index contributed by atoms with van der Waals surface area (Å²) in [6, 6.07) is 4.09. The number of nitrogens with one attached hydrogen (secondary N) is 1. The van der Waals surface area contributed by atoms with Crippen LogP contribution in [0.15, 0.2) is 18.3 Å². The minimum Gasteiger partial charge on any atom is -0.394 e. The van der Waals surface area contributed by atoms with Crippen LogP contribution in [0.4, 0.5) is 0 Å². The molecule has 1 amide bonds. The molecule has 1 aliphatic rings. The maximum absolute atomic E-state index is 11.9. The predicted molar refractivity (Wildman–Crippen MR) is 61.3 cm³/mol. The van der Waals surface area contributed by atoms with Gasteiger partial charge in [-0.1, -0.05) is 6.92 Å². The Morgan fingerprint density at radius 1 is 1.69 bits per heavy atom. The molecule has 4 heteroatoms. The van der Waals surface area contributed by atoms with Crippen molar-refractivity contribution >= 4 is 5.91 Å². The summed E-state index contributed by atoms with van der Waals surface area (Å²) in [7, 11) is 0. The third kappa shape index (κ3) is 2.27. The topological polar surface area (TPSA) is 54.3 Å². The van der Waals surface area contributed by atoms with Crippen molar-refractivity contribution < 1.29 is 9.90 Å². The Morgan fingerprint density at radius 2 is 2.44 bits per heavy atom. The van der Waals surface area contributed by atoms with Crippen LogP contribution in [0.1, 0.15) is 42.7 Å². The summed E-state index contributed by atoms with van der Waals surface area (Å²) in [5.41, 5.74) is 0.703. The van der Waals surface area contributed by atoms with Crippen LogP contribution in [0.3, 0.4) is 0 Å². The van der Waals surface area contributed by atoms with Gasteiger partial charge in [-0.15, -0.1) is 0 Å². The molecule has 0 aromatic carbocycles. The van der Waals surface area contributed by atoms with Crippen LogP contribution in [-0.4, -0.2) is 28.2 Å². The molecule has 1 aromatic heterocycles. The van der Waals surface area contributed by atoms with Crippen molar-refractivity contribution in [3.63, 3.8) is 0 Å². The van der Waals surface area contributed by atoms with E-state index in [2.05, 4.69) is 5.32 Å². The van der Waals surface area contributed by atoms with Gasteiger partial charge < -0.3 is 15.0 Å². The lowest BCUT2D eigenvalue weighted by atomic mass is 10.2. The average Bonchev–Trinajstić information content (AvgIpc) is 3.03. The first-order valence-electron chi connectivity index (χ1n) is 5.84. The molecule has 0 saturated heterocycles. The number of aliphatic hydroxyl groups is 1. The molecule has 2 N–H and O–H groups in total. The van der Waals surface area contributed by atoms with Gasteiger partial charge in [-0.25, -0.2) is 0 Å². The number of aliphatic hydroxyl groups excluding tert-OH is 1. The number of nitrogens with zero attached hydrogens (tertiary/aromatic N) is 1. The van der Waals surface area contributed by atoms with Crippen LogP contribution >= 0.6 is 0 Å². The molecular formula is C12H18N2O2. The van der Waals surface area contributed by atoms with Crippen LogP contribution < -0.4 is 5.32 Å². The van der Waals surface area contributed by atoms with Crippen molar-refractivity contribution in [3.05, 3.63) is 24.0 Å². The zero-order valence-corrected chi connectivity index (χ0v) is 9.52. The summed E-state index contributed by atoms with van der Waals surface area (Å²) in [6.45, 7) is 1.94. The molecule has 1 aliphatic carbocycles. The van der Waals surface area contributed by atoms with Crippen molar-refractivity contribution in [2.75, 3.05) is 6.61 Å². The molecule has 1 aromatic rings. The molecule has 0 spiro atoms. The monoisotopic (exact) mass is 222 g/mol. The van der Waals surface area contributed by atoms with Crippen LogP contribution in [0.5, 0.6) is 0 Å². The van der Waals surface area contributed by atoms with Gasteiger partial charge in [0.25, 0.3) is 5.91 Å². The number of rotatable bonds is 5. The Bertz CT molecular complexity index is 365. The van der Waals surface area contributed by atoms with Crippen molar-refractivity contribution in [2.24, 2.45) is 0 Å². The molecule has 88 valence electrons. The first kappa shape index (κ1) is 11.2. The normalized spacial score (nSPS) is 17.1. The number of carbonyl (C=O) groups is 1. The molecule has 0 unspecified atom stereocenters. The van der Waals surface area contributed by atoms with Gasteiger partial charge in [0, 0.05) is 12.2 Å². The first-order chi connectivity index (χ1) is 7.76. The third-order valence-corrected chi connectivity index (χ3v) is 3.00. The fraction of sp³-hybridized carbons (Fsp3) is 0.583. The standard InChI is InChI=1S/C12H18N2O2/c1-2-9(8-15)13-12(16)11-4-3-7-14(11)10-5-6-10/h3-4,7,9-10,15H,2,5-6,8H2,1H3,(H,13,16)/t9-/m1/s1. The van der Waals surface area contributed by atoms with Gasteiger partial charge in [0.05, 0.1) is 12.6 Å². The summed E-state index contributed by atoms with van der Waals surface area (Å²) < 4.78 is 2.03. The summed E-state index contributed by atoms with van der Waals surface area (Å²) in [4.78, 5) is 11.9. The highest BCUT2D eigenvalue weighted by atomic mass is 16.3. The second-order valence-electron chi connectivity index (χ2n) is 4.29. The number of amides is 1. The second kappa shape index (κ2) is 4.70. The van der Waals surface area contributed by atoms with Gasteiger partial charge in [0.15, 0.2) is 0 Å². The Labute approximate surface area is 95.3 Å². The molecule has 16 heavy (non-hydrogen) atoms. The third-order valence-electron chi connectivity index (χ3n) is 3.00. The molecule has 1 fully saturated rings. The van der Waals surface area contributed by atoms with Gasteiger partial charge in [-0.2, -0.15) is 0 Å². The van der Waals surface area contributed by atoms with Crippen LogP contribution in [-0.2, 0) is 0 Å². The smallest absolute Gasteiger partial charge is 0.268 e. The van der Waals surface area contributed by atoms with E-state index in [0.29, 0.717) is 11.7 Å². The molecule has 0 radical (unpaired) electrons. The van der Waals surface area contributed by atoms with Crippen LogP contribution in [0.25, 0.3) is 0 Å². The fourth-order valence-corrected chi connectivity index (χ4v) is 1.79. The van der Waals surface area contributed by atoms with E-state index >= 15 is 0 Å². The maximum Gasteiger partial charge on any atom is 0.268 e. The largest absolute Gasteiger partial charge is 0.394 e. The molecule has 2 rings (SSSR count). The van der Waals surface area contributed by atoms with E-state index < -0.39 is 0 Å². The van der Waals surface area contributed by atoms with E-state index in [0.717, 1.165) is 19.3 Å².